The van der Waals surface area contributed by atoms with E-state index in [1.165, 1.54) is 0 Å². The Morgan fingerprint density at radius 3 is 2.90 bits per heavy atom. The van der Waals surface area contributed by atoms with Crippen molar-refractivity contribution in [3.63, 3.8) is 0 Å². The minimum Gasteiger partial charge on any atom is -0.494 e. The minimum atomic E-state index is 0.697. The smallest absolute Gasteiger partial charge is 0.203 e. The van der Waals surface area contributed by atoms with Crippen LogP contribution in [0.4, 0.5) is 5.95 Å². The van der Waals surface area contributed by atoms with Crippen molar-refractivity contribution in [2.45, 2.75) is 19.9 Å². The summed E-state index contributed by atoms with van der Waals surface area (Å²) in [4.78, 5) is 4.45. The van der Waals surface area contributed by atoms with Gasteiger partial charge in [0.25, 0.3) is 0 Å². The highest BCUT2D eigenvalue weighted by Crippen LogP contribution is 2.11. The first-order valence-electron chi connectivity index (χ1n) is 6.86. The van der Waals surface area contributed by atoms with E-state index in [0.29, 0.717) is 6.61 Å². The number of benzene rings is 1. The molecule has 4 heteroatoms. The molecule has 1 heterocycles. The molecule has 0 aliphatic carbocycles. The lowest BCUT2D eigenvalue weighted by atomic mass is 10.3. The van der Waals surface area contributed by atoms with Gasteiger partial charge in [-0.3, -0.25) is 0 Å². The number of imidazole rings is 1. The average molecular weight is 271 g/mol. The Kier molecular flexibility index (Phi) is 5.24. The molecule has 1 aromatic heterocycles. The topological polar surface area (TPSA) is 39.1 Å². The Hall–Kier alpha value is -2.23. The molecule has 2 rings (SSSR count). The van der Waals surface area contributed by atoms with Crippen LogP contribution in [0, 0.1) is 6.92 Å². The molecule has 0 saturated carbocycles. The summed E-state index contributed by atoms with van der Waals surface area (Å²) in [6, 6.07) is 9.88. The highest BCUT2D eigenvalue weighted by molar-refractivity contribution is 5.29. The van der Waals surface area contributed by atoms with Gasteiger partial charge in [-0.2, -0.15) is 0 Å². The molecule has 0 saturated heterocycles. The van der Waals surface area contributed by atoms with Crippen molar-refractivity contribution in [3.05, 3.63) is 54.9 Å². The second-order valence-corrected chi connectivity index (χ2v) is 4.58. The van der Waals surface area contributed by atoms with Crippen LogP contribution in [0.5, 0.6) is 5.75 Å². The van der Waals surface area contributed by atoms with E-state index in [1.54, 1.807) is 0 Å². The molecule has 0 aliphatic heterocycles. The Balaban J connectivity index is 1.80. The average Bonchev–Trinajstić information content (AvgIpc) is 2.82. The van der Waals surface area contributed by atoms with Crippen molar-refractivity contribution in [3.8, 4) is 5.75 Å². The van der Waals surface area contributed by atoms with E-state index in [9.17, 15) is 0 Å². The van der Waals surface area contributed by atoms with Crippen LogP contribution in [0.15, 0.2) is 49.2 Å². The predicted octanol–water partition coefficient (Wildman–Crippen LogP) is 3.26. The third kappa shape index (κ3) is 4.16. The molecule has 1 N–H and O–H groups in total. The summed E-state index contributed by atoms with van der Waals surface area (Å²) < 4.78 is 7.80. The lowest BCUT2D eigenvalue weighted by Gasteiger charge is -2.09. The van der Waals surface area contributed by atoms with Crippen molar-refractivity contribution >= 4 is 5.95 Å². The number of aromatic nitrogens is 2. The van der Waals surface area contributed by atoms with Crippen molar-refractivity contribution < 1.29 is 4.74 Å². The molecule has 0 atom stereocenters. The molecular formula is C16H21N3O. The summed E-state index contributed by atoms with van der Waals surface area (Å²) >= 11 is 0. The number of hydrogen-bond acceptors (Lipinski definition) is 3. The maximum atomic E-state index is 5.69. The highest BCUT2D eigenvalue weighted by Gasteiger charge is 2.04. The van der Waals surface area contributed by atoms with E-state index in [0.717, 1.165) is 36.9 Å². The van der Waals surface area contributed by atoms with Gasteiger partial charge >= 0.3 is 0 Å². The van der Waals surface area contributed by atoms with Gasteiger partial charge in [-0.05, 0) is 25.5 Å². The summed E-state index contributed by atoms with van der Waals surface area (Å²) in [5, 5.41) is 3.24. The van der Waals surface area contributed by atoms with E-state index >= 15 is 0 Å². The summed E-state index contributed by atoms with van der Waals surface area (Å²) in [5.41, 5.74) is 1.01. The lowest BCUT2D eigenvalue weighted by molar-refractivity contribution is 0.302. The summed E-state index contributed by atoms with van der Waals surface area (Å²) in [5.74, 6) is 1.81. The Labute approximate surface area is 120 Å². The fraction of sp³-hybridized carbons (Fsp3) is 0.312. The van der Waals surface area contributed by atoms with Crippen LogP contribution in [-0.4, -0.2) is 22.7 Å². The van der Waals surface area contributed by atoms with E-state index in [1.807, 2.05) is 49.5 Å². The first-order chi connectivity index (χ1) is 9.79. The van der Waals surface area contributed by atoms with Gasteiger partial charge in [0.2, 0.25) is 5.95 Å². The molecule has 0 amide bonds. The summed E-state index contributed by atoms with van der Waals surface area (Å²) in [6.07, 6.45) is 4.81. The molecule has 0 spiro atoms. The zero-order valence-corrected chi connectivity index (χ0v) is 11.9. The van der Waals surface area contributed by atoms with E-state index in [4.69, 9.17) is 4.74 Å². The van der Waals surface area contributed by atoms with Crippen LogP contribution >= 0.6 is 0 Å². The zero-order valence-electron chi connectivity index (χ0n) is 11.9. The van der Waals surface area contributed by atoms with Crippen LogP contribution in [0.25, 0.3) is 0 Å². The number of para-hydroxylation sites is 1. The van der Waals surface area contributed by atoms with Gasteiger partial charge in [-0.25, -0.2) is 4.98 Å². The third-order valence-electron chi connectivity index (χ3n) is 2.86. The van der Waals surface area contributed by atoms with Crippen molar-refractivity contribution in [2.75, 3.05) is 18.5 Å². The van der Waals surface area contributed by atoms with Crippen LogP contribution in [0.3, 0.4) is 0 Å². The molecule has 1 aromatic carbocycles. The number of aryl methyl sites for hydroxylation is 2. The fourth-order valence-electron chi connectivity index (χ4n) is 1.96. The largest absolute Gasteiger partial charge is 0.494 e. The second kappa shape index (κ2) is 7.38. The SMILES string of the molecule is C=CCNc1nc(C)cn1CCCOc1ccccc1. The number of rotatable bonds is 8. The molecule has 0 bridgehead atoms. The van der Waals surface area contributed by atoms with Gasteiger partial charge < -0.3 is 14.6 Å². The maximum Gasteiger partial charge on any atom is 0.203 e. The van der Waals surface area contributed by atoms with E-state index < -0.39 is 0 Å². The van der Waals surface area contributed by atoms with E-state index in [2.05, 4.69) is 21.4 Å². The standard InChI is InChI=1S/C16H21N3O/c1-3-10-17-16-18-14(2)13-19(16)11-7-12-20-15-8-5-4-6-9-15/h3-6,8-9,13H,1,7,10-12H2,2H3,(H,17,18). The molecule has 2 aromatic rings. The number of nitrogens with one attached hydrogen (secondary N) is 1. The predicted molar refractivity (Wildman–Crippen MR) is 82.2 cm³/mol. The molecule has 4 nitrogen and oxygen atoms in total. The molecule has 20 heavy (non-hydrogen) atoms. The van der Waals surface area contributed by atoms with Gasteiger partial charge in [0.1, 0.15) is 5.75 Å². The Morgan fingerprint density at radius 1 is 1.35 bits per heavy atom. The molecule has 0 radical (unpaired) electrons. The van der Waals surface area contributed by atoms with E-state index in [-0.39, 0.29) is 0 Å². The molecular weight excluding hydrogens is 250 g/mol. The van der Waals surface area contributed by atoms with Crippen LogP contribution in [0.1, 0.15) is 12.1 Å². The molecule has 0 aliphatic rings. The summed E-state index contributed by atoms with van der Waals surface area (Å²) in [7, 11) is 0. The zero-order chi connectivity index (χ0) is 14.2. The van der Waals surface area contributed by atoms with Gasteiger partial charge in [0, 0.05) is 19.3 Å². The first kappa shape index (κ1) is 14.2. The maximum absolute atomic E-state index is 5.69. The minimum absolute atomic E-state index is 0.697. The van der Waals surface area contributed by atoms with Gasteiger partial charge in [0.05, 0.1) is 12.3 Å². The quantitative estimate of drug-likeness (QED) is 0.591. The lowest BCUT2D eigenvalue weighted by Crippen LogP contribution is -2.09. The molecule has 0 fully saturated rings. The van der Waals surface area contributed by atoms with Crippen molar-refractivity contribution in [1.29, 1.82) is 0 Å². The normalized spacial score (nSPS) is 10.2. The number of ether oxygens (including phenoxy) is 1. The van der Waals surface area contributed by atoms with Crippen LogP contribution < -0.4 is 10.1 Å². The number of anilines is 1. The van der Waals surface area contributed by atoms with Crippen LogP contribution in [0.2, 0.25) is 0 Å². The molecule has 0 unspecified atom stereocenters. The highest BCUT2D eigenvalue weighted by atomic mass is 16.5. The van der Waals surface area contributed by atoms with Crippen molar-refractivity contribution in [1.82, 2.24) is 9.55 Å². The first-order valence-corrected chi connectivity index (χ1v) is 6.86. The third-order valence-corrected chi connectivity index (χ3v) is 2.86. The monoisotopic (exact) mass is 271 g/mol. The van der Waals surface area contributed by atoms with Crippen molar-refractivity contribution in [2.24, 2.45) is 0 Å². The van der Waals surface area contributed by atoms with Gasteiger partial charge in [0.15, 0.2) is 0 Å². The Morgan fingerprint density at radius 2 is 2.15 bits per heavy atom. The summed E-state index contributed by atoms with van der Waals surface area (Å²) in [6.45, 7) is 8.00. The van der Waals surface area contributed by atoms with Crippen LogP contribution in [-0.2, 0) is 6.54 Å². The Bertz CT molecular complexity index is 534. The molecule has 106 valence electrons. The van der Waals surface area contributed by atoms with Gasteiger partial charge in [-0.1, -0.05) is 24.3 Å². The second-order valence-electron chi connectivity index (χ2n) is 4.58. The number of nitrogens with zero attached hydrogens (tertiary/aromatic N) is 2. The van der Waals surface area contributed by atoms with Gasteiger partial charge in [-0.15, -0.1) is 6.58 Å². The fourth-order valence-corrected chi connectivity index (χ4v) is 1.96. The number of hydrogen-bond donors (Lipinski definition) is 1.